The fourth-order valence-electron chi connectivity index (χ4n) is 1.49. The molecule has 0 unspecified atom stereocenters. The molecule has 3 heteroatoms. The van der Waals surface area contributed by atoms with Crippen LogP contribution in [-0.4, -0.2) is 18.0 Å². The molecule has 0 saturated carbocycles. The van der Waals surface area contributed by atoms with Crippen molar-refractivity contribution in [3.63, 3.8) is 0 Å². The summed E-state index contributed by atoms with van der Waals surface area (Å²) in [6, 6.07) is 3.96. The first kappa shape index (κ1) is 9.03. The van der Waals surface area contributed by atoms with Gasteiger partial charge in [-0.15, -0.1) is 0 Å². The summed E-state index contributed by atoms with van der Waals surface area (Å²) in [4.78, 5) is 2.37. The second-order valence-electron chi connectivity index (χ2n) is 3.20. The summed E-state index contributed by atoms with van der Waals surface area (Å²) in [5.41, 5.74) is 0. The molecule has 0 spiro atoms. The van der Waals surface area contributed by atoms with E-state index in [1.54, 1.807) is 0 Å². The summed E-state index contributed by atoms with van der Waals surface area (Å²) in [5.74, 6) is 1.03. The highest BCUT2D eigenvalue weighted by molar-refractivity contribution is 9.10. The van der Waals surface area contributed by atoms with Gasteiger partial charge in [0, 0.05) is 13.1 Å². The van der Waals surface area contributed by atoms with Crippen LogP contribution < -0.4 is 0 Å². The molecule has 2 heterocycles. The molecule has 0 N–H and O–H groups in total. The Bertz CT molecular complexity index is 306. The molecule has 2 rings (SSSR count). The SMILES string of the molecule is Brc1ccc(CN2CC=CCC2)o1. The zero-order valence-corrected chi connectivity index (χ0v) is 8.96. The van der Waals surface area contributed by atoms with E-state index in [2.05, 4.69) is 33.0 Å². The Morgan fingerprint density at radius 3 is 2.92 bits per heavy atom. The van der Waals surface area contributed by atoms with Gasteiger partial charge in [0.15, 0.2) is 4.67 Å². The van der Waals surface area contributed by atoms with Crippen molar-refractivity contribution in [2.45, 2.75) is 13.0 Å². The van der Waals surface area contributed by atoms with E-state index in [0.717, 1.165) is 36.5 Å². The van der Waals surface area contributed by atoms with Crippen LogP contribution in [-0.2, 0) is 6.54 Å². The van der Waals surface area contributed by atoms with E-state index in [1.807, 2.05) is 12.1 Å². The topological polar surface area (TPSA) is 16.4 Å². The lowest BCUT2D eigenvalue weighted by molar-refractivity contribution is 0.263. The van der Waals surface area contributed by atoms with Gasteiger partial charge in [-0.1, -0.05) is 12.2 Å². The van der Waals surface area contributed by atoms with E-state index in [-0.39, 0.29) is 0 Å². The molecular formula is C10H12BrNO. The Hall–Kier alpha value is -0.540. The van der Waals surface area contributed by atoms with Gasteiger partial charge >= 0.3 is 0 Å². The Balaban J connectivity index is 1.94. The molecule has 0 bridgehead atoms. The Labute approximate surface area is 86.3 Å². The first-order valence-corrected chi connectivity index (χ1v) is 5.25. The molecule has 0 atom stereocenters. The summed E-state index contributed by atoms with van der Waals surface area (Å²) in [6.45, 7) is 3.09. The molecular weight excluding hydrogens is 230 g/mol. The fraction of sp³-hybridized carbons (Fsp3) is 0.400. The maximum absolute atomic E-state index is 5.44. The summed E-state index contributed by atoms with van der Waals surface area (Å²) in [7, 11) is 0. The zero-order chi connectivity index (χ0) is 9.10. The largest absolute Gasteiger partial charge is 0.453 e. The fourth-order valence-corrected chi connectivity index (χ4v) is 1.83. The third-order valence-corrected chi connectivity index (χ3v) is 2.58. The van der Waals surface area contributed by atoms with Gasteiger partial charge in [0.2, 0.25) is 0 Å². The molecule has 0 radical (unpaired) electrons. The summed E-state index contributed by atoms with van der Waals surface area (Å²) >= 11 is 3.30. The van der Waals surface area contributed by atoms with E-state index in [9.17, 15) is 0 Å². The first-order chi connectivity index (χ1) is 6.34. The van der Waals surface area contributed by atoms with Crippen LogP contribution in [0.1, 0.15) is 12.2 Å². The van der Waals surface area contributed by atoms with Crippen LogP contribution in [0.5, 0.6) is 0 Å². The number of nitrogens with zero attached hydrogens (tertiary/aromatic N) is 1. The van der Waals surface area contributed by atoms with Gasteiger partial charge < -0.3 is 4.42 Å². The van der Waals surface area contributed by atoms with E-state index in [4.69, 9.17) is 4.42 Å². The van der Waals surface area contributed by atoms with Crippen LogP contribution in [0.4, 0.5) is 0 Å². The van der Waals surface area contributed by atoms with E-state index >= 15 is 0 Å². The second-order valence-corrected chi connectivity index (χ2v) is 3.98. The summed E-state index contributed by atoms with van der Waals surface area (Å²) in [5, 5.41) is 0. The first-order valence-electron chi connectivity index (χ1n) is 4.46. The highest BCUT2D eigenvalue weighted by Crippen LogP contribution is 2.16. The highest BCUT2D eigenvalue weighted by Gasteiger charge is 2.08. The number of furan rings is 1. The number of hydrogen-bond donors (Lipinski definition) is 0. The van der Waals surface area contributed by atoms with Crippen LogP contribution in [0, 0.1) is 0 Å². The number of rotatable bonds is 2. The minimum Gasteiger partial charge on any atom is -0.453 e. The van der Waals surface area contributed by atoms with Crippen molar-refractivity contribution in [3.8, 4) is 0 Å². The van der Waals surface area contributed by atoms with E-state index in [0.29, 0.717) is 0 Å². The van der Waals surface area contributed by atoms with Crippen molar-refractivity contribution in [2.24, 2.45) is 0 Å². The number of hydrogen-bond acceptors (Lipinski definition) is 2. The van der Waals surface area contributed by atoms with Crippen LogP contribution in [0.3, 0.4) is 0 Å². The molecule has 0 aromatic carbocycles. The van der Waals surface area contributed by atoms with Crippen molar-refractivity contribution in [2.75, 3.05) is 13.1 Å². The average Bonchev–Trinajstić information content (AvgIpc) is 2.53. The quantitative estimate of drug-likeness (QED) is 0.741. The van der Waals surface area contributed by atoms with Gasteiger partial charge in [-0.25, -0.2) is 0 Å². The molecule has 0 aliphatic carbocycles. The highest BCUT2D eigenvalue weighted by atomic mass is 79.9. The molecule has 1 aromatic rings. The zero-order valence-electron chi connectivity index (χ0n) is 7.37. The van der Waals surface area contributed by atoms with Gasteiger partial charge in [-0.2, -0.15) is 0 Å². The predicted octanol–water partition coefficient (Wildman–Crippen LogP) is 2.80. The standard InChI is InChI=1S/C10H12BrNO/c11-10-5-4-9(13-10)8-12-6-2-1-3-7-12/h1-2,4-5H,3,6-8H2. The molecule has 1 aromatic heterocycles. The maximum Gasteiger partial charge on any atom is 0.169 e. The molecule has 1 aliphatic rings. The molecule has 2 nitrogen and oxygen atoms in total. The molecule has 13 heavy (non-hydrogen) atoms. The monoisotopic (exact) mass is 241 g/mol. The molecule has 0 saturated heterocycles. The maximum atomic E-state index is 5.44. The van der Waals surface area contributed by atoms with Gasteiger partial charge in [0.05, 0.1) is 6.54 Å². The average molecular weight is 242 g/mol. The summed E-state index contributed by atoms with van der Waals surface area (Å²) in [6.07, 6.45) is 5.60. The van der Waals surface area contributed by atoms with Crippen LogP contribution in [0.25, 0.3) is 0 Å². The summed E-state index contributed by atoms with van der Waals surface area (Å²) < 4.78 is 6.25. The lowest BCUT2D eigenvalue weighted by Gasteiger charge is -2.21. The minimum absolute atomic E-state index is 0.815. The smallest absolute Gasteiger partial charge is 0.169 e. The third kappa shape index (κ3) is 2.45. The molecule has 0 fully saturated rings. The van der Waals surface area contributed by atoms with Crippen molar-refractivity contribution in [3.05, 3.63) is 34.7 Å². The molecule has 70 valence electrons. The van der Waals surface area contributed by atoms with Gasteiger partial charge in [0.1, 0.15) is 5.76 Å². The Morgan fingerprint density at radius 2 is 2.31 bits per heavy atom. The van der Waals surface area contributed by atoms with Crippen LogP contribution in [0.15, 0.2) is 33.4 Å². The minimum atomic E-state index is 0.815. The van der Waals surface area contributed by atoms with E-state index < -0.39 is 0 Å². The van der Waals surface area contributed by atoms with Crippen molar-refractivity contribution in [1.82, 2.24) is 4.90 Å². The van der Waals surface area contributed by atoms with Crippen LogP contribution in [0.2, 0.25) is 0 Å². The lowest BCUT2D eigenvalue weighted by Crippen LogP contribution is -2.26. The van der Waals surface area contributed by atoms with Crippen molar-refractivity contribution >= 4 is 15.9 Å². The third-order valence-electron chi connectivity index (χ3n) is 2.15. The van der Waals surface area contributed by atoms with Crippen molar-refractivity contribution < 1.29 is 4.42 Å². The predicted molar refractivity (Wildman–Crippen MR) is 55.4 cm³/mol. The molecule has 1 aliphatic heterocycles. The van der Waals surface area contributed by atoms with Gasteiger partial charge in [-0.3, -0.25) is 4.90 Å². The van der Waals surface area contributed by atoms with Crippen molar-refractivity contribution in [1.29, 1.82) is 0 Å². The van der Waals surface area contributed by atoms with Gasteiger partial charge in [-0.05, 0) is 34.5 Å². The normalized spacial score (nSPS) is 17.9. The Morgan fingerprint density at radius 1 is 1.38 bits per heavy atom. The second kappa shape index (κ2) is 4.11. The Kier molecular flexibility index (Phi) is 2.86. The van der Waals surface area contributed by atoms with Gasteiger partial charge in [0.25, 0.3) is 0 Å². The van der Waals surface area contributed by atoms with Crippen LogP contribution >= 0.6 is 15.9 Å². The lowest BCUT2D eigenvalue weighted by atomic mass is 10.2. The molecule has 0 amide bonds. The van der Waals surface area contributed by atoms with E-state index in [1.165, 1.54) is 0 Å². The number of halogens is 1.